The molecule has 30 heavy (non-hydrogen) atoms. The number of aryl methyl sites for hydroxylation is 2. The second kappa shape index (κ2) is 6.68. The number of pyridine rings is 1. The lowest BCUT2D eigenvalue weighted by molar-refractivity contribution is -0.137. The van der Waals surface area contributed by atoms with Crippen LogP contribution in [0.3, 0.4) is 0 Å². The topological polar surface area (TPSA) is 59.4 Å². The monoisotopic (exact) mass is 413 g/mol. The van der Waals surface area contributed by atoms with E-state index in [4.69, 9.17) is 0 Å². The molecule has 0 atom stereocenters. The number of imidazole rings is 1. The maximum absolute atomic E-state index is 13.5. The van der Waals surface area contributed by atoms with Gasteiger partial charge in [-0.1, -0.05) is 39.0 Å². The normalized spacial score (nSPS) is 12.7. The summed E-state index contributed by atoms with van der Waals surface area (Å²) in [6, 6.07) is 9.06. The van der Waals surface area contributed by atoms with Crippen molar-refractivity contribution in [3.63, 3.8) is 0 Å². The van der Waals surface area contributed by atoms with Crippen molar-refractivity contribution in [1.29, 1.82) is 0 Å². The molecule has 0 amide bonds. The summed E-state index contributed by atoms with van der Waals surface area (Å²) in [7, 11) is 1.84. The number of nitrogens with one attached hydrogen (secondary N) is 1. The fourth-order valence-electron chi connectivity index (χ4n) is 3.41. The van der Waals surface area contributed by atoms with Crippen molar-refractivity contribution in [2.24, 2.45) is 7.05 Å². The Balaban J connectivity index is 1.86. The number of nitrogens with zero attached hydrogens (tertiary/aromatic N) is 4. The third kappa shape index (κ3) is 3.46. The zero-order chi connectivity index (χ0) is 21.8. The van der Waals surface area contributed by atoms with E-state index in [1.807, 2.05) is 20.0 Å². The van der Waals surface area contributed by atoms with Crippen LogP contribution in [0, 0.1) is 6.92 Å². The van der Waals surface area contributed by atoms with E-state index in [1.54, 1.807) is 16.8 Å². The Bertz CT molecular complexity index is 1240. The molecule has 0 aliphatic heterocycles. The van der Waals surface area contributed by atoms with Crippen molar-refractivity contribution < 1.29 is 13.2 Å². The minimum Gasteiger partial charge on any atom is -0.335 e. The molecule has 4 aromatic rings. The summed E-state index contributed by atoms with van der Waals surface area (Å²) in [5.41, 5.74) is 2.98. The average molecular weight is 413 g/mol. The van der Waals surface area contributed by atoms with Crippen molar-refractivity contribution in [1.82, 2.24) is 24.7 Å². The number of aromatic nitrogens is 5. The Morgan fingerprint density at radius 2 is 1.70 bits per heavy atom. The Morgan fingerprint density at radius 1 is 1.00 bits per heavy atom. The van der Waals surface area contributed by atoms with Crippen LogP contribution in [0.2, 0.25) is 0 Å². The summed E-state index contributed by atoms with van der Waals surface area (Å²) in [5.74, 6) is 0.576. The number of H-pyrrole nitrogens is 1. The first-order valence-corrected chi connectivity index (χ1v) is 9.54. The van der Waals surface area contributed by atoms with Gasteiger partial charge in [-0.2, -0.15) is 18.3 Å². The van der Waals surface area contributed by atoms with E-state index in [9.17, 15) is 13.2 Å². The van der Waals surface area contributed by atoms with Crippen molar-refractivity contribution in [3.05, 3.63) is 53.2 Å². The van der Waals surface area contributed by atoms with Crippen LogP contribution >= 0.6 is 0 Å². The first kappa shape index (κ1) is 20.1. The zero-order valence-electron chi connectivity index (χ0n) is 17.4. The molecule has 3 aromatic heterocycles. The van der Waals surface area contributed by atoms with Gasteiger partial charge in [0.1, 0.15) is 5.69 Å². The molecule has 0 radical (unpaired) electrons. The SMILES string of the molecule is Cc1cc(-c2ccccc2C(F)(F)F)nc2nc(-c3cc(C(C)(C)C)nn3C)[nH]c12. The number of halogens is 3. The van der Waals surface area contributed by atoms with Crippen LogP contribution in [0.25, 0.3) is 33.9 Å². The molecule has 0 saturated carbocycles. The molecule has 4 rings (SSSR count). The summed E-state index contributed by atoms with van der Waals surface area (Å²) in [4.78, 5) is 12.3. The smallest absolute Gasteiger partial charge is 0.335 e. The minimum atomic E-state index is -4.46. The van der Waals surface area contributed by atoms with Crippen LogP contribution in [-0.4, -0.2) is 24.7 Å². The van der Waals surface area contributed by atoms with Gasteiger partial charge in [-0.3, -0.25) is 4.68 Å². The van der Waals surface area contributed by atoms with Crippen LogP contribution in [0.5, 0.6) is 0 Å². The van der Waals surface area contributed by atoms with Crippen LogP contribution in [0.4, 0.5) is 13.2 Å². The van der Waals surface area contributed by atoms with E-state index >= 15 is 0 Å². The summed E-state index contributed by atoms with van der Waals surface area (Å²) in [5, 5.41) is 4.57. The van der Waals surface area contributed by atoms with Gasteiger partial charge >= 0.3 is 6.18 Å². The predicted octanol–water partition coefficient (Wildman–Crippen LogP) is 5.65. The number of hydrogen-bond donors (Lipinski definition) is 1. The lowest BCUT2D eigenvalue weighted by Gasteiger charge is -2.13. The maximum atomic E-state index is 13.5. The van der Waals surface area contributed by atoms with Gasteiger partial charge in [-0.15, -0.1) is 0 Å². The molecule has 1 N–H and O–H groups in total. The molecule has 5 nitrogen and oxygen atoms in total. The average Bonchev–Trinajstić information content (AvgIpc) is 3.24. The lowest BCUT2D eigenvalue weighted by atomic mass is 9.92. The van der Waals surface area contributed by atoms with Crippen molar-refractivity contribution in [3.8, 4) is 22.8 Å². The van der Waals surface area contributed by atoms with E-state index in [-0.39, 0.29) is 16.7 Å². The van der Waals surface area contributed by atoms with E-state index in [0.717, 1.165) is 23.0 Å². The Labute approximate surface area is 172 Å². The van der Waals surface area contributed by atoms with Gasteiger partial charge in [0.15, 0.2) is 11.5 Å². The third-order valence-corrected chi connectivity index (χ3v) is 5.06. The molecule has 0 saturated heterocycles. The fourth-order valence-corrected chi connectivity index (χ4v) is 3.41. The molecule has 156 valence electrons. The van der Waals surface area contributed by atoms with Crippen molar-refractivity contribution in [2.75, 3.05) is 0 Å². The van der Waals surface area contributed by atoms with Crippen molar-refractivity contribution >= 4 is 11.2 Å². The summed E-state index contributed by atoms with van der Waals surface area (Å²) in [6.07, 6.45) is -4.46. The Morgan fingerprint density at radius 3 is 2.33 bits per heavy atom. The first-order chi connectivity index (χ1) is 13.9. The number of benzene rings is 1. The van der Waals surface area contributed by atoms with Gasteiger partial charge in [0, 0.05) is 18.0 Å². The van der Waals surface area contributed by atoms with E-state index < -0.39 is 11.7 Å². The zero-order valence-corrected chi connectivity index (χ0v) is 17.4. The molecular formula is C22H22F3N5. The number of hydrogen-bond acceptors (Lipinski definition) is 3. The standard InChI is InChI=1S/C22H22F3N5/c1-12-10-15(13-8-6-7-9-14(13)22(23,24)25)26-20-18(12)27-19(28-20)16-11-17(21(2,3)4)29-30(16)5/h6-11H,1-5H3,(H,26,27,28). The molecule has 0 spiro atoms. The van der Waals surface area contributed by atoms with Gasteiger partial charge in [0.25, 0.3) is 0 Å². The van der Waals surface area contributed by atoms with Crippen LogP contribution in [-0.2, 0) is 18.6 Å². The summed E-state index contributed by atoms with van der Waals surface area (Å²) >= 11 is 0. The van der Waals surface area contributed by atoms with Gasteiger partial charge in [0.2, 0.25) is 0 Å². The molecule has 1 aromatic carbocycles. The van der Waals surface area contributed by atoms with Gasteiger partial charge in [-0.25, -0.2) is 9.97 Å². The molecule has 0 aliphatic rings. The van der Waals surface area contributed by atoms with Gasteiger partial charge in [-0.05, 0) is 30.7 Å². The number of aromatic amines is 1. The highest BCUT2D eigenvalue weighted by atomic mass is 19.4. The van der Waals surface area contributed by atoms with Crippen LogP contribution < -0.4 is 0 Å². The van der Waals surface area contributed by atoms with E-state index in [0.29, 0.717) is 17.0 Å². The summed E-state index contributed by atoms with van der Waals surface area (Å²) in [6.45, 7) is 8.06. The second-order valence-corrected chi connectivity index (χ2v) is 8.44. The molecule has 8 heteroatoms. The number of alkyl halides is 3. The van der Waals surface area contributed by atoms with Crippen LogP contribution in [0.15, 0.2) is 36.4 Å². The highest BCUT2D eigenvalue weighted by Gasteiger charge is 2.34. The van der Waals surface area contributed by atoms with Crippen LogP contribution in [0.1, 0.15) is 37.6 Å². The highest BCUT2D eigenvalue weighted by Crippen LogP contribution is 2.37. The summed E-state index contributed by atoms with van der Waals surface area (Å²) < 4.78 is 42.1. The van der Waals surface area contributed by atoms with Crippen molar-refractivity contribution in [2.45, 2.75) is 39.3 Å². The molecular weight excluding hydrogens is 391 g/mol. The largest absolute Gasteiger partial charge is 0.417 e. The third-order valence-electron chi connectivity index (χ3n) is 5.06. The minimum absolute atomic E-state index is 0.0371. The molecule has 0 fully saturated rings. The second-order valence-electron chi connectivity index (χ2n) is 8.44. The first-order valence-electron chi connectivity index (χ1n) is 9.54. The van der Waals surface area contributed by atoms with E-state index in [2.05, 4.69) is 40.8 Å². The molecule has 3 heterocycles. The highest BCUT2D eigenvalue weighted by molar-refractivity contribution is 5.82. The number of fused-ring (bicyclic) bond motifs is 1. The number of rotatable bonds is 2. The maximum Gasteiger partial charge on any atom is 0.417 e. The Hall–Kier alpha value is -3.16. The predicted molar refractivity (Wildman–Crippen MR) is 110 cm³/mol. The quantitative estimate of drug-likeness (QED) is 0.462. The van der Waals surface area contributed by atoms with E-state index in [1.165, 1.54) is 12.1 Å². The Kier molecular flexibility index (Phi) is 4.48. The molecule has 0 unspecified atom stereocenters. The van der Waals surface area contributed by atoms with Gasteiger partial charge < -0.3 is 4.98 Å². The fraction of sp³-hybridized carbons (Fsp3) is 0.318. The molecule has 0 aliphatic carbocycles. The lowest BCUT2D eigenvalue weighted by Crippen LogP contribution is -2.12. The van der Waals surface area contributed by atoms with Gasteiger partial charge in [0.05, 0.1) is 22.5 Å². The molecule has 0 bridgehead atoms.